The van der Waals surface area contributed by atoms with Crippen LogP contribution in [0, 0.1) is 11.6 Å². The van der Waals surface area contributed by atoms with Crippen LogP contribution in [0.1, 0.15) is 18.6 Å². The Balaban J connectivity index is 2.31. The summed E-state index contributed by atoms with van der Waals surface area (Å²) in [6.07, 6.45) is 2.50. The summed E-state index contributed by atoms with van der Waals surface area (Å²) in [5, 5.41) is 0. The largest absolute Gasteiger partial charge is 0.482 e. The number of hydrogen-bond acceptors (Lipinski definition) is 4. The van der Waals surface area contributed by atoms with Crippen molar-refractivity contribution < 1.29 is 13.5 Å². The quantitative estimate of drug-likeness (QED) is 0.939. The molecule has 0 aliphatic carbocycles. The molecule has 0 aromatic carbocycles. The summed E-state index contributed by atoms with van der Waals surface area (Å²) in [5.41, 5.74) is 5.44. The topological polar surface area (TPSA) is 61.0 Å². The van der Waals surface area contributed by atoms with Crippen molar-refractivity contribution in [3.8, 4) is 5.75 Å². The van der Waals surface area contributed by atoms with Crippen LogP contribution in [0.15, 0.2) is 29.1 Å². The van der Waals surface area contributed by atoms with Crippen LogP contribution in [0.2, 0.25) is 0 Å². The zero-order valence-electron chi connectivity index (χ0n) is 9.90. The third-order valence-corrected chi connectivity index (χ3v) is 2.88. The maximum atomic E-state index is 13.5. The molecule has 1 atom stereocenters. The number of pyridine rings is 2. The average Bonchev–Trinajstić information content (AvgIpc) is 2.33. The summed E-state index contributed by atoms with van der Waals surface area (Å²) in [5.74, 6) is -1.15. The van der Waals surface area contributed by atoms with E-state index in [1.165, 1.54) is 13.1 Å². The summed E-state index contributed by atoms with van der Waals surface area (Å²) >= 11 is 3.22. The van der Waals surface area contributed by atoms with Crippen molar-refractivity contribution in [1.82, 2.24) is 9.97 Å². The van der Waals surface area contributed by atoms with Crippen LogP contribution in [0.4, 0.5) is 14.6 Å². The maximum Gasteiger partial charge on any atom is 0.166 e. The molecule has 0 saturated heterocycles. The van der Waals surface area contributed by atoms with Crippen LogP contribution in [-0.4, -0.2) is 9.97 Å². The Hall–Kier alpha value is -1.76. The molecule has 0 aliphatic rings. The maximum absolute atomic E-state index is 13.5. The van der Waals surface area contributed by atoms with Crippen LogP contribution < -0.4 is 10.5 Å². The van der Waals surface area contributed by atoms with E-state index in [2.05, 4.69) is 25.9 Å². The Labute approximate surface area is 116 Å². The average molecular weight is 330 g/mol. The van der Waals surface area contributed by atoms with E-state index in [1.54, 1.807) is 6.07 Å². The number of rotatable bonds is 3. The minimum absolute atomic E-state index is 0.143. The smallest absolute Gasteiger partial charge is 0.166 e. The van der Waals surface area contributed by atoms with Gasteiger partial charge in [0.05, 0.1) is 18.0 Å². The third-order valence-electron chi connectivity index (χ3n) is 2.45. The van der Waals surface area contributed by atoms with Gasteiger partial charge in [0.1, 0.15) is 6.10 Å². The highest BCUT2D eigenvalue weighted by Gasteiger charge is 2.19. The lowest BCUT2D eigenvalue weighted by atomic mass is 10.1. The molecule has 0 aliphatic heterocycles. The highest BCUT2D eigenvalue weighted by Crippen LogP contribution is 2.29. The van der Waals surface area contributed by atoms with Crippen LogP contribution in [0.3, 0.4) is 0 Å². The molecule has 4 nitrogen and oxygen atoms in total. The van der Waals surface area contributed by atoms with Crippen molar-refractivity contribution in [2.75, 3.05) is 5.73 Å². The lowest BCUT2D eigenvalue weighted by Crippen LogP contribution is -2.10. The number of anilines is 1. The summed E-state index contributed by atoms with van der Waals surface area (Å²) in [6, 6.07) is 1.58. The first kappa shape index (κ1) is 13.7. The molecule has 2 aromatic rings. The van der Waals surface area contributed by atoms with Crippen LogP contribution in [-0.2, 0) is 0 Å². The van der Waals surface area contributed by atoms with E-state index in [4.69, 9.17) is 10.5 Å². The molecule has 7 heteroatoms. The molecular formula is C12H10BrF2N3O. The fraction of sp³-hybridized carbons (Fsp3) is 0.167. The molecule has 2 heterocycles. The zero-order chi connectivity index (χ0) is 14.0. The Bertz CT molecular complexity index is 589. The summed E-state index contributed by atoms with van der Waals surface area (Å²) in [6.45, 7) is 1.52. The van der Waals surface area contributed by atoms with Gasteiger partial charge in [-0.2, -0.15) is 0 Å². The Kier molecular flexibility index (Phi) is 3.94. The minimum Gasteiger partial charge on any atom is -0.482 e. The van der Waals surface area contributed by atoms with Crippen molar-refractivity contribution in [1.29, 1.82) is 0 Å². The van der Waals surface area contributed by atoms with Gasteiger partial charge < -0.3 is 10.5 Å². The first-order valence-corrected chi connectivity index (χ1v) is 6.15. The van der Waals surface area contributed by atoms with Gasteiger partial charge in [0, 0.05) is 10.7 Å². The van der Waals surface area contributed by atoms with Gasteiger partial charge in [0.2, 0.25) is 0 Å². The van der Waals surface area contributed by atoms with E-state index in [-0.39, 0.29) is 17.1 Å². The number of nitrogens with two attached hydrogens (primary N) is 1. The predicted octanol–water partition coefficient (Wildman–Crippen LogP) is 3.24. The normalized spacial score (nSPS) is 12.2. The van der Waals surface area contributed by atoms with E-state index in [0.29, 0.717) is 4.47 Å². The Morgan fingerprint density at radius 3 is 2.53 bits per heavy atom. The second-order valence-corrected chi connectivity index (χ2v) is 4.73. The molecule has 0 spiro atoms. The monoisotopic (exact) mass is 329 g/mol. The zero-order valence-corrected chi connectivity index (χ0v) is 11.5. The predicted molar refractivity (Wildman–Crippen MR) is 69.5 cm³/mol. The van der Waals surface area contributed by atoms with Gasteiger partial charge in [-0.05, 0) is 28.9 Å². The van der Waals surface area contributed by atoms with E-state index < -0.39 is 17.7 Å². The Morgan fingerprint density at radius 2 is 1.89 bits per heavy atom. The molecule has 0 unspecified atom stereocenters. The van der Waals surface area contributed by atoms with Crippen molar-refractivity contribution in [3.63, 3.8) is 0 Å². The van der Waals surface area contributed by atoms with Gasteiger partial charge in [-0.15, -0.1) is 0 Å². The molecule has 19 heavy (non-hydrogen) atoms. The van der Waals surface area contributed by atoms with E-state index in [9.17, 15) is 8.78 Å². The molecule has 2 rings (SSSR count). The summed E-state index contributed by atoms with van der Waals surface area (Å²) in [4.78, 5) is 7.29. The van der Waals surface area contributed by atoms with Gasteiger partial charge in [-0.3, -0.25) is 4.98 Å². The minimum atomic E-state index is -0.860. The number of ether oxygens (including phenoxy) is 1. The van der Waals surface area contributed by atoms with E-state index in [1.807, 2.05) is 0 Å². The van der Waals surface area contributed by atoms with E-state index in [0.717, 1.165) is 12.4 Å². The second kappa shape index (κ2) is 5.48. The van der Waals surface area contributed by atoms with Gasteiger partial charge in [-0.1, -0.05) is 0 Å². The third kappa shape index (κ3) is 2.98. The lowest BCUT2D eigenvalue weighted by Gasteiger charge is -2.17. The van der Waals surface area contributed by atoms with Crippen LogP contribution >= 0.6 is 15.9 Å². The van der Waals surface area contributed by atoms with Crippen LogP contribution in [0.5, 0.6) is 5.75 Å². The number of nitrogens with zero attached hydrogens (tertiary/aromatic N) is 2. The Morgan fingerprint density at radius 1 is 1.26 bits per heavy atom. The van der Waals surface area contributed by atoms with E-state index >= 15 is 0 Å². The SMILES string of the molecule is C[C@H](Oc1cc(Br)cnc1N)c1c(F)cncc1F. The fourth-order valence-corrected chi connectivity index (χ4v) is 1.90. The molecule has 0 saturated carbocycles. The number of aromatic nitrogens is 2. The lowest BCUT2D eigenvalue weighted by molar-refractivity contribution is 0.215. The summed E-state index contributed by atoms with van der Waals surface area (Å²) in [7, 11) is 0. The molecular weight excluding hydrogens is 320 g/mol. The van der Waals surface area contributed by atoms with Gasteiger partial charge in [0.25, 0.3) is 0 Å². The van der Waals surface area contributed by atoms with Crippen molar-refractivity contribution in [3.05, 3.63) is 46.3 Å². The van der Waals surface area contributed by atoms with Gasteiger partial charge >= 0.3 is 0 Å². The molecule has 0 amide bonds. The molecule has 0 radical (unpaired) electrons. The number of nitrogen functional groups attached to an aromatic ring is 1. The fourth-order valence-electron chi connectivity index (χ4n) is 1.58. The molecule has 2 aromatic heterocycles. The van der Waals surface area contributed by atoms with Gasteiger partial charge in [-0.25, -0.2) is 13.8 Å². The standard InChI is InChI=1S/C12H10BrF2N3O/c1-6(11-8(14)4-17-5-9(11)15)19-10-2-7(13)3-18-12(10)16/h2-6H,1H3,(H2,16,18)/t6-/m0/s1. The van der Waals surface area contributed by atoms with Crippen molar-refractivity contribution in [2.24, 2.45) is 0 Å². The molecule has 0 bridgehead atoms. The van der Waals surface area contributed by atoms with Crippen molar-refractivity contribution >= 4 is 21.7 Å². The molecule has 0 fully saturated rings. The summed E-state index contributed by atoms with van der Waals surface area (Å²) < 4.78 is 33.2. The van der Waals surface area contributed by atoms with Crippen molar-refractivity contribution in [2.45, 2.75) is 13.0 Å². The molecule has 2 N–H and O–H groups in total. The van der Waals surface area contributed by atoms with Crippen LogP contribution in [0.25, 0.3) is 0 Å². The number of halogens is 3. The first-order valence-electron chi connectivity index (χ1n) is 5.35. The number of hydrogen-bond donors (Lipinski definition) is 1. The highest BCUT2D eigenvalue weighted by atomic mass is 79.9. The second-order valence-electron chi connectivity index (χ2n) is 3.81. The first-order chi connectivity index (χ1) is 8.99. The highest BCUT2D eigenvalue weighted by molar-refractivity contribution is 9.10. The molecule has 100 valence electrons. The van der Waals surface area contributed by atoms with Gasteiger partial charge in [0.15, 0.2) is 23.2 Å².